The van der Waals surface area contributed by atoms with Crippen molar-refractivity contribution < 1.29 is 9.21 Å². The number of aromatic nitrogens is 2. The number of para-hydroxylation sites is 2. The number of fused-ring (bicyclic) bond motifs is 1. The Labute approximate surface area is 157 Å². The smallest absolute Gasteiger partial charge is 0.287 e. The van der Waals surface area contributed by atoms with Crippen LogP contribution in [0.3, 0.4) is 0 Å². The lowest BCUT2D eigenvalue weighted by Crippen LogP contribution is -2.29. The molecule has 2 unspecified atom stereocenters. The van der Waals surface area contributed by atoms with Gasteiger partial charge in [0, 0.05) is 0 Å². The van der Waals surface area contributed by atoms with Crippen LogP contribution >= 0.6 is 0 Å². The van der Waals surface area contributed by atoms with Crippen molar-refractivity contribution in [3.63, 3.8) is 0 Å². The average molecular weight is 359 g/mol. The number of hydrogen-bond donors (Lipinski definition) is 1. The van der Waals surface area contributed by atoms with Crippen molar-refractivity contribution in [3.05, 3.63) is 90.1 Å². The zero-order valence-electron chi connectivity index (χ0n) is 15.3. The van der Waals surface area contributed by atoms with Gasteiger partial charge in [0.2, 0.25) is 0 Å². The van der Waals surface area contributed by atoms with Gasteiger partial charge in [0.15, 0.2) is 5.76 Å². The Morgan fingerprint density at radius 3 is 2.48 bits per heavy atom. The molecular weight excluding hydrogens is 338 g/mol. The molecule has 0 saturated carbocycles. The number of amides is 1. The van der Waals surface area contributed by atoms with Crippen LogP contribution in [0.25, 0.3) is 11.0 Å². The molecule has 27 heavy (non-hydrogen) atoms. The molecule has 1 N–H and O–H groups in total. The highest BCUT2D eigenvalue weighted by Gasteiger charge is 2.23. The summed E-state index contributed by atoms with van der Waals surface area (Å²) in [6.45, 7) is 4.09. The van der Waals surface area contributed by atoms with Crippen LogP contribution in [0.15, 0.2) is 77.4 Å². The number of carbonyl (C=O) groups excluding carboxylic acids is 1. The summed E-state index contributed by atoms with van der Waals surface area (Å²) in [4.78, 5) is 17.2. The second kappa shape index (κ2) is 7.11. The predicted octanol–water partition coefficient (Wildman–Crippen LogP) is 4.73. The van der Waals surface area contributed by atoms with Crippen LogP contribution in [0.2, 0.25) is 0 Å². The minimum absolute atomic E-state index is 0.0802. The van der Waals surface area contributed by atoms with Crippen molar-refractivity contribution in [2.75, 3.05) is 0 Å². The van der Waals surface area contributed by atoms with Gasteiger partial charge >= 0.3 is 0 Å². The molecule has 2 atom stereocenters. The van der Waals surface area contributed by atoms with E-state index in [0.717, 1.165) is 16.9 Å². The van der Waals surface area contributed by atoms with Crippen LogP contribution in [0.5, 0.6) is 0 Å². The predicted molar refractivity (Wildman–Crippen MR) is 105 cm³/mol. The second-order valence-corrected chi connectivity index (χ2v) is 6.59. The van der Waals surface area contributed by atoms with Crippen LogP contribution < -0.4 is 5.32 Å². The molecule has 0 aliphatic carbocycles. The largest absolute Gasteiger partial charge is 0.459 e. The molecule has 4 aromatic rings. The standard InChI is InChI=1S/C22H21N3O2/c1-15(23-22(26)20-13-8-14-27-20)21-24-18-11-6-7-12-19(18)25(21)16(2)17-9-4-3-5-10-17/h3-16H,1-2H3,(H,23,26). The summed E-state index contributed by atoms with van der Waals surface area (Å²) in [5.74, 6) is 0.853. The number of imidazole rings is 1. The Kier molecular flexibility index (Phi) is 4.50. The molecule has 5 nitrogen and oxygen atoms in total. The fraction of sp³-hybridized carbons (Fsp3) is 0.182. The van der Waals surface area contributed by atoms with E-state index in [4.69, 9.17) is 9.40 Å². The summed E-state index contributed by atoms with van der Waals surface area (Å²) in [5.41, 5.74) is 3.14. The number of nitrogens with one attached hydrogen (secondary N) is 1. The number of hydrogen-bond acceptors (Lipinski definition) is 3. The Morgan fingerprint density at radius 2 is 1.74 bits per heavy atom. The third-order valence-electron chi connectivity index (χ3n) is 4.77. The van der Waals surface area contributed by atoms with E-state index in [0.29, 0.717) is 5.76 Å². The van der Waals surface area contributed by atoms with Gasteiger partial charge in [0.25, 0.3) is 5.91 Å². The maximum atomic E-state index is 12.4. The molecule has 2 heterocycles. The molecule has 136 valence electrons. The van der Waals surface area contributed by atoms with Crippen LogP contribution in [0.1, 0.15) is 47.9 Å². The molecule has 2 aromatic heterocycles. The summed E-state index contributed by atoms with van der Waals surface area (Å²) >= 11 is 0. The first kappa shape index (κ1) is 17.1. The minimum Gasteiger partial charge on any atom is -0.459 e. The monoisotopic (exact) mass is 359 g/mol. The topological polar surface area (TPSA) is 60.1 Å². The zero-order valence-corrected chi connectivity index (χ0v) is 15.3. The van der Waals surface area contributed by atoms with Gasteiger partial charge in [-0.2, -0.15) is 0 Å². The van der Waals surface area contributed by atoms with E-state index in [1.54, 1.807) is 12.1 Å². The molecule has 0 radical (unpaired) electrons. The highest BCUT2D eigenvalue weighted by Crippen LogP contribution is 2.29. The normalized spacial score (nSPS) is 13.4. The van der Waals surface area contributed by atoms with Crippen molar-refractivity contribution in [2.45, 2.75) is 25.9 Å². The number of rotatable bonds is 5. The zero-order chi connectivity index (χ0) is 18.8. The number of benzene rings is 2. The Morgan fingerprint density at radius 1 is 1.00 bits per heavy atom. The fourth-order valence-corrected chi connectivity index (χ4v) is 3.40. The number of furan rings is 1. The summed E-state index contributed by atoms with van der Waals surface area (Å²) in [7, 11) is 0. The molecule has 0 aliphatic rings. The van der Waals surface area contributed by atoms with Crippen molar-refractivity contribution in [3.8, 4) is 0 Å². The summed E-state index contributed by atoms with van der Waals surface area (Å²) in [6.07, 6.45) is 1.49. The van der Waals surface area contributed by atoms with Crippen LogP contribution in [-0.4, -0.2) is 15.5 Å². The van der Waals surface area contributed by atoms with E-state index in [9.17, 15) is 4.79 Å². The van der Waals surface area contributed by atoms with Gasteiger partial charge in [-0.25, -0.2) is 4.98 Å². The first-order valence-corrected chi connectivity index (χ1v) is 9.01. The lowest BCUT2D eigenvalue weighted by atomic mass is 10.1. The van der Waals surface area contributed by atoms with E-state index >= 15 is 0 Å². The van der Waals surface area contributed by atoms with Crippen molar-refractivity contribution >= 4 is 16.9 Å². The maximum Gasteiger partial charge on any atom is 0.287 e. The SMILES string of the molecule is CC(NC(=O)c1ccco1)c1nc2ccccc2n1C(C)c1ccccc1. The lowest BCUT2D eigenvalue weighted by molar-refractivity contribution is 0.0909. The first-order chi connectivity index (χ1) is 13.1. The minimum atomic E-state index is -0.277. The van der Waals surface area contributed by atoms with E-state index < -0.39 is 0 Å². The van der Waals surface area contributed by atoms with Gasteiger partial charge in [0.05, 0.1) is 29.4 Å². The van der Waals surface area contributed by atoms with E-state index in [-0.39, 0.29) is 18.0 Å². The molecule has 0 spiro atoms. The van der Waals surface area contributed by atoms with Crippen LogP contribution in [0, 0.1) is 0 Å². The Hall–Kier alpha value is -3.34. The van der Waals surface area contributed by atoms with E-state index in [1.807, 2.05) is 43.3 Å². The van der Waals surface area contributed by atoms with Crippen molar-refractivity contribution in [2.24, 2.45) is 0 Å². The molecule has 4 rings (SSSR count). The van der Waals surface area contributed by atoms with Crippen LogP contribution in [0.4, 0.5) is 0 Å². The highest BCUT2D eigenvalue weighted by atomic mass is 16.3. The second-order valence-electron chi connectivity index (χ2n) is 6.59. The molecule has 0 bridgehead atoms. The van der Waals surface area contributed by atoms with E-state index in [2.05, 4.69) is 35.0 Å². The third-order valence-corrected chi connectivity index (χ3v) is 4.77. The van der Waals surface area contributed by atoms with Crippen molar-refractivity contribution in [1.82, 2.24) is 14.9 Å². The summed E-state index contributed by atoms with van der Waals surface area (Å²) in [5, 5.41) is 2.99. The molecular formula is C22H21N3O2. The highest BCUT2D eigenvalue weighted by molar-refractivity contribution is 5.91. The summed E-state index contributed by atoms with van der Waals surface area (Å²) in [6, 6.07) is 21.5. The molecule has 0 fully saturated rings. The Bertz CT molecular complexity index is 1050. The Balaban J connectivity index is 1.75. The van der Waals surface area contributed by atoms with Gasteiger partial charge in [-0.05, 0) is 43.7 Å². The first-order valence-electron chi connectivity index (χ1n) is 9.01. The lowest BCUT2D eigenvalue weighted by Gasteiger charge is -2.21. The molecule has 2 aromatic carbocycles. The molecule has 5 heteroatoms. The third kappa shape index (κ3) is 3.24. The number of nitrogens with zero attached hydrogens (tertiary/aromatic N) is 2. The maximum absolute atomic E-state index is 12.4. The van der Waals surface area contributed by atoms with Crippen molar-refractivity contribution in [1.29, 1.82) is 0 Å². The quantitative estimate of drug-likeness (QED) is 0.560. The van der Waals surface area contributed by atoms with E-state index in [1.165, 1.54) is 11.8 Å². The van der Waals surface area contributed by atoms with Gasteiger partial charge in [-0.15, -0.1) is 0 Å². The molecule has 0 aliphatic heterocycles. The van der Waals surface area contributed by atoms with Gasteiger partial charge in [-0.3, -0.25) is 4.79 Å². The molecule has 1 amide bonds. The van der Waals surface area contributed by atoms with Gasteiger partial charge in [0.1, 0.15) is 5.82 Å². The van der Waals surface area contributed by atoms with Crippen LogP contribution in [-0.2, 0) is 0 Å². The van der Waals surface area contributed by atoms with Gasteiger partial charge < -0.3 is 14.3 Å². The summed E-state index contributed by atoms with van der Waals surface area (Å²) < 4.78 is 7.39. The fourth-order valence-electron chi connectivity index (χ4n) is 3.40. The van der Waals surface area contributed by atoms with Gasteiger partial charge in [-0.1, -0.05) is 42.5 Å². The average Bonchev–Trinajstić information content (AvgIpc) is 3.36. The number of carbonyl (C=O) groups is 1. The molecule has 0 saturated heterocycles.